The van der Waals surface area contributed by atoms with Gasteiger partial charge in [-0.1, -0.05) is 18.2 Å². The Kier molecular flexibility index (Phi) is 6.24. The van der Waals surface area contributed by atoms with Crippen LogP contribution in [0.3, 0.4) is 0 Å². The Labute approximate surface area is 144 Å². The van der Waals surface area contributed by atoms with Crippen molar-refractivity contribution in [1.82, 2.24) is 0 Å². The summed E-state index contributed by atoms with van der Waals surface area (Å²) in [5, 5.41) is 0. The molecule has 4 heteroatoms. The maximum absolute atomic E-state index is 12.6. The van der Waals surface area contributed by atoms with Crippen molar-refractivity contribution in [3.05, 3.63) is 53.6 Å². The molecular formula is C20H25NO3. The molecule has 4 nitrogen and oxygen atoms in total. The first kappa shape index (κ1) is 17.9. The Balaban J connectivity index is 2.06. The molecule has 1 amide bonds. The maximum Gasteiger partial charge on any atom is 0.227 e. The third-order valence-corrected chi connectivity index (χ3v) is 4.01. The normalized spacial score (nSPS) is 10.3. The molecule has 0 aliphatic carbocycles. The van der Waals surface area contributed by atoms with Crippen molar-refractivity contribution in [1.29, 1.82) is 0 Å². The summed E-state index contributed by atoms with van der Waals surface area (Å²) >= 11 is 0. The molecule has 0 saturated heterocycles. The molecule has 0 aliphatic heterocycles. The van der Waals surface area contributed by atoms with Gasteiger partial charge in [0.25, 0.3) is 0 Å². The summed E-state index contributed by atoms with van der Waals surface area (Å²) in [6.07, 6.45) is 1.12. The highest BCUT2D eigenvalue weighted by atomic mass is 16.5. The molecular weight excluding hydrogens is 302 g/mol. The van der Waals surface area contributed by atoms with E-state index in [1.807, 2.05) is 61.2 Å². The van der Waals surface area contributed by atoms with Crippen LogP contribution < -0.4 is 14.4 Å². The van der Waals surface area contributed by atoms with Crippen LogP contribution in [-0.2, 0) is 11.2 Å². The number of ether oxygens (including phenoxy) is 2. The third-order valence-electron chi connectivity index (χ3n) is 4.01. The molecule has 0 unspecified atom stereocenters. The number of aryl methyl sites for hydroxylation is 2. The number of carbonyl (C=O) groups excluding carboxylic acids is 1. The molecule has 0 aliphatic rings. The van der Waals surface area contributed by atoms with Gasteiger partial charge in [-0.2, -0.15) is 0 Å². The van der Waals surface area contributed by atoms with Crippen LogP contribution in [0.25, 0.3) is 0 Å². The van der Waals surface area contributed by atoms with Crippen LogP contribution in [-0.4, -0.2) is 26.7 Å². The number of nitrogens with zero attached hydrogens (tertiary/aromatic N) is 1. The van der Waals surface area contributed by atoms with Gasteiger partial charge >= 0.3 is 0 Å². The fourth-order valence-corrected chi connectivity index (χ4v) is 2.72. The van der Waals surface area contributed by atoms with Gasteiger partial charge in [0.05, 0.1) is 14.2 Å². The van der Waals surface area contributed by atoms with Crippen LogP contribution >= 0.6 is 0 Å². The van der Waals surface area contributed by atoms with Gasteiger partial charge in [0.1, 0.15) is 0 Å². The highest BCUT2D eigenvalue weighted by Crippen LogP contribution is 2.28. The number of hydrogen-bond donors (Lipinski definition) is 0. The molecule has 2 aromatic carbocycles. The summed E-state index contributed by atoms with van der Waals surface area (Å²) in [7, 11) is 3.23. The molecule has 0 bridgehead atoms. The van der Waals surface area contributed by atoms with Crippen LogP contribution in [0, 0.1) is 6.92 Å². The second-order valence-electron chi connectivity index (χ2n) is 5.67. The lowest BCUT2D eigenvalue weighted by Crippen LogP contribution is -2.30. The average Bonchev–Trinajstić information content (AvgIpc) is 2.60. The molecule has 0 spiro atoms. The van der Waals surface area contributed by atoms with E-state index in [1.54, 1.807) is 14.2 Å². The highest BCUT2D eigenvalue weighted by molar-refractivity contribution is 5.93. The van der Waals surface area contributed by atoms with Gasteiger partial charge in [-0.15, -0.1) is 0 Å². The zero-order chi connectivity index (χ0) is 17.5. The zero-order valence-electron chi connectivity index (χ0n) is 14.8. The van der Waals surface area contributed by atoms with Gasteiger partial charge in [0.2, 0.25) is 5.91 Å². The fourth-order valence-electron chi connectivity index (χ4n) is 2.72. The van der Waals surface area contributed by atoms with Crippen LogP contribution in [0.1, 0.15) is 24.5 Å². The lowest BCUT2D eigenvalue weighted by molar-refractivity contribution is -0.118. The van der Waals surface area contributed by atoms with E-state index in [0.717, 1.165) is 16.8 Å². The van der Waals surface area contributed by atoms with Gasteiger partial charge < -0.3 is 14.4 Å². The van der Waals surface area contributed by atoms with E-state index in [4.69, 9.17) is 9.47 Å². The first-order valence-corrected chi connectivity index (χ1v) is 8.17. The van der Waals surface area contributed by atoms with Crippen LogP contribution in [0.15, 0.2) is 42.5 Å². The largest absolute Gasteiger partial charge is 0.493 e. The predicted octanol–water partition coefficient (Wildman–Crippen LogP) is 4.00. The van der Waals surface area contributed by atoms with E-state index in [2.05, 4.69) is 0 Å². The number of benzene rings is 2. The van der Waals surface area contributed by atoms with Crippen LogP contribution in [0.5, 0.6) is 11.5 Å². The predicted molar refractivity (Wildman–Crippen MR) is 97.1 cm³/mol. The minimum absolute atomic E-state index is 0.123. The van der Waals surface area contributed by atoms with Crippen LogP contribution in [0.2, 0.25) is 0 Å². The molecule has 0 saturated carbocycles. The Morgan fingerprint density at radius 2 is 1.79 bits per heavy atom. The molecule has 0 radical (unpaired) electrons. The Bertz CT molecular complexity index is 697. The Morgan fingerprint density at radius 3 is 2.42 bits per heavy atom. The molecule has 128 valence electrons. The lowest BCUT2D eigenvalue weighted by Gasteiger charge is -2.21. The number of rotatable bonds is 7. The quantitative estimate of drug-likeness (QED) is 0.771. The number of hydrogen-bond acceptors (Lipinski definition) is 3. The van der Waals surface area contributed by atoms with Crippen molar-refractivity contribution < 1.29 is 14.3 Å². The molecule has 0 aromatic heterocycles. The molecule has 24 heavy (non-hydrogen) atoms. The molecule has 0 fully saturated rings. The van der Waals surface area contributed by atoms with Crippen molar-refractivity contribution >= 4 is 11.6 Å². The lowest BCUT2D eigenvalue weighted by atomic mass is 10.1. The van der Waals surface area contributed by atoms with E-state index < -0.39 is 0 Å². The SMILES string of the molecule is CCN(C(=O)CCc1ccc(OC)c(OC)c1)c1cccc(C)c1. The second kappa shape index (κ2) is 8.39. The molecule has 0 heterocycles. The van der Waals surface area contributed by atoms with Crippen LogP contribution in [0.4, 0.5) is 5.69 Å². The summed E-state index contributed by atoms with van der Waals surface area (Å²) in [5.74, 6) is 1.51. The highest BCUT2D eigenvalue weighted by Gasteiger charge is 2.14. The van der Waals surface area contributed by atoms with E-state index in [9.17, 15) is 4.79 Å². The summed E-state index contributed by atoms with van der Waals surface area (Å²) in [6.45, 7) is 4.69. The van der Waals surface area contributed by atoms with Gasteiger partial charge in [0, 0.05) is 18.7 Å². The summed E-state index contributed by atoms with van der Waals surface area (Å²) in [4.78, 5) is 14.4. The van der Waals surface area contributed by atoms with E-state index in [-0.39, 0.29) is 5.91 Å². The molecule has 0 N–H and O–H groups in total. The first-order chi connectivity index (χ1) is 11.6. The van der Waals surface area contributed by atoms with Crippen molar-refractivity contribution in [2.24, 2.45) is 0 Å². The summed E-state index contributed by atoms with van der Waals surface area (Å²) < 4.78 is 10.6. The topological polar surface area (TPSA) is 38.8 Å². The summed E-state index contributed by atoms with van der Waals surface area (Å²) in [5.41, 5.74) is 3.16. The van der Waals surface area contributed by atoms with Crippen molar-refractivity contribution in [3.8, 4) is 11.5 Å². The number of methoxy groups -OCH3 is 2. The molecule has 0 atom stereocenters. The van der Waals surface area contributed by atoms with E-state index >= 15 is 0 Å². The summed E-state index contributed by atoms with van der Waals surface area (Å²) in [6, 6.07) is 13.8. The minimum Gasteiger partial charge on any atom is -0.493 e. The third kappa shape index (κ3) is 4.28. The van der Waals surface area contributed by atoms with Gasteiger partial charge in [0.15, 0.2) is 11.5 Å². The second-order valence-corrected chi connectivity index (χ2v) is 5.67. The van der Waals surface area contributed by atoms with Gasteiger partial charge in [-0.3, -0.25) is 4.79 Å². The molecule has 2 rings (SSSR count). The van der Waals surface area contributed by atoms with Crippen molar-refractivity contribution in [2.75, 3.05) is 25.7 Å². The Hall–Kier alpha value is -2.49. The first-order valence-electron chi connectivity index (χ1n) is 8.17. The maximum atomic E-state index is 12.6. The number of anilines is 1. The monoisotopic (exact) mass is 327 g/mol. The number of amides is 1. The fraction of sp³-hybridized carbons (Fsp3) is 0.350. The number of carbonyl (C=O) groups is 1. The molecule has 2 aromatic rings. The smallest absolute Gasteiger partial charge is 0.227 e. The van der Waals surface area contributed by atoms with E-state index in [1.165, 1.54) is 0 Å². The standard InChI is InChI=1S/C20H25NO3/c1-5-21(17-8-6-7-15(2)13-17)20(22)12-10-16-9-11-18(23-3)19(14-16)24-4/h6-9,11,13-14H,5,10,12H2,1-4H3. The van der Waals surface area contributed by atoms with E-state index in [0.29, 0.717) is 30.9 Å². The average molecular weight is 327 g/mol. The van der Waals surface area contributed by atoms with Crippen molar-refractivity contribution in [3.63, 3.8) is 0 Å². The Morgan fingerprint density at radius 1 is 1.04 bits per heavy atom. The zero-order valence-corrected chi connectivity index (χ0v) is 14.8. The van der Waals surface area contributed by atoms with Crippen molar-refractivity contribution in [2.45, 2.75) is 26.7 Å². The van der Waals surface area contributed by atoms with Gasteiger partial charge in [-0.25, -0.2) is 0 Å². The minimum atomic E-state index is 0.123. The van der Waals surface area contributed by atoms with Gasteiger partial charge in [-0.05, 0) is 55.7 Å².